The average Bonchev–Trinajstić information content (AvgIpc) is 1.41. The van der Waals surface area contributed by atoms with Gasteiger partial charge in [0, 0.05) is 0 Å². The molecule has 0 aromatic carbocycles. The van der Waals surface area contributed by atoms with Crippen molar-refractivity contribution in [3.8, 4) is 0 Å². The molecule has 0 amide bonds. The molecule has 0 saturated carbocycles. The zero-order valence-corrected chi connectivity index (χ0v) is 25.1. The zero-order valence-electron chi connectivity index (χ0n) is 10.4. The van der Waals surface area contributed by atoms with Gasteiger partial charge in [-0.25, -0.2) is 0 Å². The molecule has 120 valence electrons. The van der Waals surface area contributed by atoms with Crippen LogP contribution in [0.2, 0.25) is 0 Å². The minimum atomic E-state index is -5.39. The number of rotatable bonds is 0. The van der Waals surface area contributed by atoms with Gasteiger partial charge in [0.1, 0.15) is 0 Å². The molecule has 0 N–H and O–H groups in total. The van der Waals surface area contributed by atoms with Gasteiger partial charge in [-0.1, -0.05) is 0 Å². The van der Waals surface area contributed by atoms with E-state index in [2.05, 4.69) is 0 Å². The van der Waals surface area contributed by atoms with Crippen molar-refractivity contribution in [3.05, 3.63) is 0 Å². The van der Waals surface area contributed by atoms with Gasteiger partial charge in [0.2, 0.25) is 0 Å². The molecule has 0 aliphatic rings. The molecule has 0 aromatic heterocycles. The molecular formula is Ga5O15P3. The third kappa shape index (κ3) is 1210. The summed E-state index contributed by atoms with van der Waals surface area (Å²) < 4.78 is 25.6. The van der Waals surface area contributed by atoms with Gasteiger partial charge in [0.05, 0.1) is 0 Å². The van der Waals surface area contributed by atoms with Crippen LogP contribution in [0.1, 0.15) is 0 Å². The molecular weight excluding hydrogens is 682 g/mol. The normalized spacial score (nSPS) is 7.70. The van der Waals surface area contributed by atoms with Crippen LogP contribution in [0, 0.1) is 0 Å². The Bertz CT molecular complexity index is 215. The molecule has 0 aromatic rings. The smallest absolute Gasteiger partial charge is 2.00 e. The Morgan fingerprint density at radius 2 is 0.348 bits per heavy atom. The van der Waals surface area contributed by atoms with E-state index in [1.807, 2.05) is 0 Å². The van der Waals surface area contributed by atoms with E-state index in [9.17, 15) is 0 Å². The molecule has 0 bridgehead atoms. The molecule has 0 heterocycles. The summed E-state index contributed by atoms with van der Waals surface area (Å²) in [5.41, 5.74) is 0. The summed E-state index contributed by atoms with van der Waals surface area (Å²) in [6.45, 7) is 0. The molecule has 23 heteroatoms. The summed E-state index contributed by atoms with van der Waals surface area (Å²) in [6.07, 6.45) is 0. The second kappa shape index (κ2) is 33.0. The standard InChI is InChI=1S/5Ga.3H3O4P.3O/c;;;;;3*1-5(2,3)4;;;/h;;;;;3*(H3,1,2,3,4);;;/q5*+3;;;;3*-2/p-9. The second-order valence-corrected chi connectivity index (χ2v) is 4.02. The Morgan fingerprint density at radius 1 is 0.348 bits per heavy atom. The SMILES string of the molecule is O=P([O-])([O-])[O-].O=P([O-])([O-])[O-].O=P([O-])([O-])[O-].[Ga+3].[Ga+3].[Ga+3].[Ga+3].[Ga+3].[O-2].[O-2].[O-2]. The quantitative estimate of drug-likeness (QED) is 0.170. The van der Waals surface area contributed by atoms with Gasteiger partial charge in [-0.05, 0) is 0 Å². The van der Waals surface area contributed by atoms with Crippen LogP contribution in [0.4, 0.5) is 0 Å². The van der Waals surface area contributed by atoms with E-state index < -0.39 is 23.5 Å². The van der Waals surface area contributed by atoms with Crippen LogP contribution >= 0.6 is 23.5 Å². The molecule has 0 spiro atoms. The first-order chi connectivity index (χ1) is 6.00. The van der Waals surface area contributed by atoms with E-state index in [0.717, 1.165) is 0 Å². The first-order valence-electron chi connectivity index (χ1n) is 2.19. The summed E-state index contributed by atoms with van der Waals surface area (Å²) in [6, 6.07) is 0. The molecule has 23 heavy (non-hydrogen) atoms. The molecule has 0 unspecified atom stereocenters. The van der Waals surface area contributed by atoms with E-state index in [4.69, 9.17) is 57.7 Å². The molecule has 0 radical (unpaired) electrons. The third-order valence-electron chi connectivity index (χ3n) is 0. The van der Waals surface area contributed by atoms with E-state index >= 15 is 0 Å². The zero-order chi connectivity index (χ0) is 13.5. The number of phosphoric acid groups is 3. The predicted molar refractivity (Wildman–Crippen MR) is 53.6 cm³/mol. The summed E-state index contributed by atoms with van der Waals surface area (Å²) in [5.74, 6) is 0. The van der Waals surface area contributed by atoms with Gasteiger partial charge in [-0.2, -0.15) is 23.5 Å². The Hall–Kier alpha value is 3.39. The van der Waals surface area contributed by atoms with Crippen molar-refractivity contribution in [1.29, 1.82) is 0 Å². The molecule has 0 saturated heterocycles. The monoisotopic (exact) mass is 677 g/mol. The maximum atomic E-state index is 8.55. The molecule has 0 aliphatic heterocycles. The Morgan fingerprint density at radius 3 is 0.348 bits per heavy atom. The van der Waals surface area contributed by atoms with Gasteiger partial charge < -0.3 is 74.2 Å². The van der Waals surface area contributed by atoms with Crippen molar-refractivity contribution in [2.24, 2.45) is 0 Å². The van der Waals surface area contributed by atoms with Crippen LogP contribution in [0.5, 0.6) is 0 Å². The molecule has 0 rings (SSSR count). The van der Waals surface area contributed by atoms with Gasteiger partial charge in [0.15, 0.2) is 0 Å². The Labute approximate surface area is 195 Å². The fourth-order valence-corrected chi connectivity index (χ4v) is 0. The predicted octanol–water partition coefficient (Wildman–Crippen LogP) is -10.7. The van der Waals surface area contributed by atoms with Crippen LogP contribution < -0.4 is 44.0 Å². The van der Waals surface area contributed by atoms with Crippen molar-refractivity contribution in [1.82, 2.24) is 0 Å². The van der Waals surface area contributed by atoms with Gasteiger partial charge in [-0.15, -0.1) is 0 Å². The van der Waals surface area contributed by atoms with E-state index in [1.54, 1.807) is 0 Å². The van der Waals surface area contributed by atoms with Gasteiger partial charge >= 0.3 is 99.0 Å². The van der Waals surface area contributed by atoms with E-state index in [0.29, 0.717) is 0 Å². The van der Waals surface area contributed by atoms with Crippen molar-refractivity contribution in [2.75, 3.05) is 0 Å². The fourth-order valence-electron chi connectivity index (χ4n) is 0. The first kappa shape index (κ1) is 71.8. The van der Waals surface area contributed by atoms with Crippen molar-refractivity contribution in [2.45, 2.75) is 0 Å². The van der Waals surface area contributed by atoms with Gasteiger partial charge in [-0.3, -0.25) is 0 Å². The van der Waals surface area contributed by atoms with Crippen LogP contribution in [0.15, 0.2) is 0 Å². The van der Waals surface area contributed by atoms with Crippen molar-refractivity contribution in [3.63, 3.8) is 0 Å². The van der Waals surface area contributed by atoms with Crippen molar-refractivity contribution >= 4 is 122 Å². The fraction of sp³-hybridized carbons (Fsp3) is 0. The third-order valence-corrected chi connectivity index (χ3v) is 0. The van der Waals surface area contributed by atoms with E-state index in [1.165, 1.54) is 0 Å². The molecule has 0 atom stereocenters. The summed E-state index contributed by atoms with van der Waals surface area (Å²) in [7, 11) is -16.2. The minimum absolute atomic E-state index is 0. The maximum absolute atomic E-state index is 8.55. The summed E-state index contributed by atoms with van der Waals surface area (Å²) in [5, 5.41) is 0. The second-order valence-electron chi connectivity index (χ2n) is 1.34. The Balaban J connectivity index is -0.00000000889. The van der Waals surface area contributed by atoms with Crippen LogP contribution in [0.25, 0.3) is 0 Å². The summed E-state index contributed by atoms with van der Waals surface area (Å²) >= 11 is 0. The van der Waals surface area contributed by atoms with E-state index in [-0.39, 0.29) is 115 Å². The minimum Gasteiger partial charge on any atom is -2.00 e. The van der Waals surface area contributed by atoms with Gasteiger partial charge in [0.25, 0.3) is 0 Å². The maximum Gasteiger partial charge on any atom is 3.00 e. The number of hydrogen-bond donors (Lipinski definition) is 0. The molecule has 0 fully saturated rings. The number of hydrogen-bond acceptors (Lipinski definition) is 12. The Kier molecular flexibility index (Phi) is 103. The molecule has 0 aliphatic carbocycles. The summed E-state index contributed by atoms with van der Waals surface area (Å²) in [4.78, 5) is 76.9. The average molecular weight is 682 g/mol. The first-order valence-corrected chi connectivity index (χ1v) is 6.57. The molecule has 15 nitrogen and oxygen atoms in total. The van der Waals surface area contributed by atoms with Crippen LogP contribution in [0.3, 0.4) is 0 Å². The largest absolute Gasteiger partial charge is 3.00 e. The van der Waals surface area contributed by atoms with Crippen LogP contribution in [-0.2, 0) is 30.1 Å². The van der Waals surface area contributed by atoms with Crippen molar-refractivity contribution < 1.29 is 74.2 Å². The van der Waals surface area contributed by atoms with Crippen LogP contribution in [-0.4, -0.2) is 99.0 Å². The topological polar surface area (TPSA) is 344 Å².